The minimum Gasteiger partial charge on any atom is -0.373 e. The summed E-state index contributed by atoms with van der Waals surface area (Å²) in [4.78, 5) is 24.7. The van der Waals surface area contributed by atoms with Crippen molar-refractivity contribution in [1.29, 1.82) is 0 Å². The average molecular weight is 238 g/mol. The number of rotatable bonds is 5. The largest absolute Gasteiger partial charge is 0.373 e. The topological polar surface area (TPSA) is 97.2 Å². The standard InChI is InChI=1S/C10H14N4O3/c1-7(2)13-10(15)6-11-8-3-4-9(12-5-8)14(16)17/h3-5,7,11H,6H2,1-2H3,(H,13,15). The van der Waals surface area contributed by atoms with Crippen LogP contribution in [0.25, 0.3) is 0 Å². The average Bonchev–Trinajstić information content (AvgIpc) is 2.26. The molecule has 17 heavy (non-hydrogen) atoms. The van der Waals surface area contributed by atoms with Crippen molar-refractivity contribution in [3.63, 3.8) is 0 Å². The number of amides is 1. The van der Waals surface area contributed by atoms with Crippen LogP contribution in [0.15, 0.2) is 18.3 Å². The lowest BCUT2D eigenvalue weighted by molar-refractivity contribution is -0.389. The van der Waals surface area contributed by atoms with Crippen LogP contribution >= 0.6 is 0 Å². The monoisotopic (exact) mass is 238 g/mol. The van der Waals surface area contributed by atoms with Crippen molar-refractivity contribution >= 4 is 17.4 Å². The van der Waals surface area contributed by atoms with E-state index in [1.165, 1.54) is 18.3 Å². The van der Waals surface area contributed by atoms with Crippen LogP contribution in [0.3, 0.4) is 0 Å². The van der Waals surface area contributed by atoms with Crippen molar-refractivity contribution in [2.24, 2.45) is 0 Å². The highest BCUT2D eigenvalue weighted by Gasteiger charge is 2.07. The third kappa shape index (κ3) is 4.45. The number of hydrogen-bond acceptors (Lipinski definition) is 5. The van der Waals surface area contributed by atoms with Crippen LogP contribution in [-0.4, -0.2) is 28.4 Å². The van der Waals surface area contributed by atoms with Gasteiger partial charge in [-0.05, 0) is 29.8 Å². The van der Waals surface area contributed by atoms with E-state index in [1.54, 1.807) is 0 Å². The predicted octanol–water partition coefficient (Wildman–Crippen LogP) is 0.926. The molecule has 1 heterocycles. The zero-order chi connectivity index (χ0) is 12.8. The molecule has 1 aromatic rings. The molecule has 0 aliphatic carbocycles. The molecule has 0 radical (unpaired) electrons. The lowest BCUT2D eigenvalue weighted by atomic mass is 10.3. The number of aromatic nitrogens is 1. The van der Waals surface area contributed by atoms with Crippen molar-refractivity contribution in [2.75, 3.05) is 11.9 Å². The molecule has 0 unspecified atom stereocenters. The maximum atomic E-state index is 11.3. The zero-order valence-corrected chi connectivity index (χ0v) is 9.64. The Labute approximate surface area is 98.4 Å². The number of hydrogen-bond donors (Lipinski definition) is 2. The van der Waals surface area contributed by atoms with Crippen LogP contribution in [0, 0.1) is 10.1 Å². The Kier molecular flexibility index (Phi) is 4.38. The minimum absolute atomic E-state index is 0.0827. The fourth-order valence-corrected chi connectivity index (χ4v) is 1.15. The Morgan fingerprint density at radius 3 is 2.71 bits per heavy atom. The van der Waals surface area contributed by atoms with Gasteiger partial charge in [0.1, 0.15) is 0 Å². The Balaban J connectivity index is 2.47. The van der Waals surface area contributed by atoms with E-state index in [0.717, 1.165) is 0 Å². The number of nitrogens with zero attached hydrogens (tertiary/aromatic N) is 2. The summed E-state index contributed by atoms with van der Waals surface area (Å²) in [6.45, 7) is 3.84. The van der Waals surface area contributed by atoms with Crippen LogP contribution in [0.5, 0.6) is 0 Å². The second kappa shape index (κ2) is 5.78. The Hall–Kier alpha value is -2.18. The second-order valence-electron chi connectivity index (χ2n) is 3.74. The predicted molar refractivity (Wildman–Crippen MR) is 62.7 cm³/mol. The molecule has 0 bridgehead atoms. The maximum Gasteiger partial charge on any atom is 0.363 e. The summed E-state index contributed by atoms with van der Waals surface area (Å²) in [6, 6.07) is 2.87. The van der Waals surface area contributed by atoms with Crippen molar-refractivity contribution < 1.29 is 9.72 Å². The summed E-state index contributed by atoms with van der Waals surface area (Å²) in [7, 11) is 0. The smallest absolute Gasteiger partial charge is 0.363 e. The third-order valence-electron chi connectivity index (χ3n) is 1.84. The van der Waals surface area contributed by atoms with Gasteiger partial charge in [0.05, 0.1) is 12.2 Å². The van der Waals surface area contributed by atoms with Gasteiger partial charge in [0.25, 0.3) is 0 Å². The van der Waals surface area contributed by atoms with Crippen molar-refractivity contribution in [2.45, 2.75) is 19.9 Å². The van der Waals surface area contributed by atoms with E-state index in [-0.39, 0.29) is 24.3 Å². The number of carbonyl (C=O) groups is 1. The molecule has 0 saturated heterocycles. The van der Waals surface area contributed by atoms with Gasteiger partial charge in [-0.2, -0.15) is 0 Å². The van der Waals surface area contributed by atoms with Gasteiger partial charge in [-0.25, -0.2) is 0 Å². The minimum atomic E-state index is -0.574. The number of anilines is 1. The van der Waals surface area contributed by atoms with E-state index in [9.17, 15) is 14.9 Å². The molecule has 0 aliphatic rings. The Bertz CT molecular complexity index is 403. The van der Waals surface area contributed by atoms with E-state index >= 15 is 0 Å². The molecule has 0 aliphatic heterocycles. The summed E-state index contributed by atoms with van der Waals surface area (Å²) in [5.41, 5.74) is 0.564. The van der Waals surface area contributed by atoms with Gasteiger partial charge in [0, 0.05) is 12.1 Å². The number of carbonyl (C=O) groups excluding carboxylic acids is 1. The quantitative estimate of drug-likeness (QED) is 0.587. The van der Waals surface area contributed by atoms with E-state index in [2.05, 4.69) is 15.6 Å². The molecule has 1 amide bonds. The molecule has 0 spiro atoms. The molecule has 2 N–H and O–H groups in total. The molecule has 92 valence electrons. The van der Waals surface area contributed by atoms with Crippen LogP contribution < -0.4 is 10.6 Å². The molecule has 1 aromatic heterocycles. The van der Waals surface area contributed by atoms with Gasteiger partial charge in [0.15, 0.2) is 6.20 Å². The molecule has 0 atom stereocenters. The highest BCUT2D eigenvalue weighted by molar-refractivity contribution is 5.80. The van der Waals surface area contributed by atoms with Crippen molar-refractivity contribution in [1.82, 2.24) is 10.3 Å². The molecule has 0 aromatic carbocycles. The van der Waals surface area contributed by atoms with Gasteiger partial charge in [0.2, 0.25) is 5.91 Å². The normalized spacial score (nSPS) is 10.1. The lowest BCUT2D eigenvalue weighted by Gasteiger charge is -2.09. The van der Waals surface area contributed by atoms with Crippen LogP contribution in [-0.2, 0) is 4.79 Å². The molecular formula is C10H14N4O3. The van der Waals surface area contributed by atoms with Crippen LogP contribution in [0.4, 0.5) is 11.5 Å². The van der Waals surface area contributed by atoms with Gasteiger partial charge in [-0.15, -0.1) is 0 Å². The van der Waals surface area contributed by atoms with E-state index < -0.39 is 4.92 Å². The van der Waals surface area contributed by atoms with Gasteiger partial charge >= 0.3 is 5.82 Å². The maximum absolute atomic E-state index is 11.3. The summed E-state index contributed by atoms with van der Waals surface area (Å²) >= 11 is 0. The molecule has 0 saturated carbocycles. The summed E-state index contributed by atoms with van der Waals surface area (Å²) in [5.74, 6) is -0.361. The lowest BCUT2D eigenvalue weighted by Crippen LogP contribution is -2.34. The van der Waals surface area contributed by atoms with E-state index in [4.69, 9.17) is 0 Å². The van der Waals surface area contributed by atoms with E-state index in [1.807, 2.05) is 13.8 Å². The van der Waals surface area contributed by atoms with Gasteiger partial charge < -0.3 is 20.7 Å². The zero-order valence-electron chi connectivity index (χ0n) is 9.64. The molecule has 1 rings (SSSR count). The van der Waals surface area contributed by atoms with Gasteiger partial charge in [-0.3, -0.25) is 4.79 Å². The van der Waals surface area contributed by atoms with Crippen LogP contribution in [0.2, 0.25) is 0 Å². The Morgan fingerprint density at radius 2 is 2.24 bits per heavy atom. The first kappa shape index (κ1) is 12.9. The first-order valence-electron chi connectivity index (χ1n) is 5.12. The van der Waals surface area contributed by atoms with Gasteiger partial charge in [-0.1, -0.05) is 0 Å². The van der Waals surface area contributed by atoms with E-state index in [0.29, 0.717) is 5.69 Å². The highest BCUT2D eigenvalue weighted by Crippen LogP contribution is 2.10. The summed E-state index contributed by atoms with van der Waals surface area (Å²) < 4.78 is 0. The molecule has 0 fully saturated rings. The third-order valence-corrected chi connectivity index (χ3v) is 1.84. The summed E-state index contributed by atoms with van der Waals surface area (Å²) in [6.07, 6.45) is 1.32. The number of nitrogens with one attached hydrogen (secondary N) is 2. The number of nitro groups is 1. The Morgan fingerprint density at radius 1 is 1.53 bits per heavy atom. The van der Waals surface area contributed by atoms with Crippen molar-refractivity contribution in [3.05, 3.63) is 28.4 Å². The molecule has 7 nitrogen and oxygen atoms in total. The fourth-order valence-electron chi connectivity index (χ4n) is 1.15. The first-order valence-corrected chi connectivity index (χ1v) is 5.12. The van der Waals surface area contributed by atoms with Crippen LogP contribution in [0.1, 0.15) is 13.8 Å². The second-order valence-corrected chi connectivity index (χ2v) is 3.74. The fraction of sp³-hybridized carbons (Fsp3) is 0.400. The summed E-state index contributed by atoms with van der Waals surface area (Å²) in [5, 5.41) is 15.9. The number of pyridine rings is 1. The SMILES string of the molecule is CC(C)NC(=O)CNc1ccc([N+](=O)[O-])nc1. The van der Waals surface area contributed by atoms with Crippen molar-refractivity contribution in [3.8, 4) is 0 Å². The molecular weight excluding hydrogens is 224 g/mol. The highest BCUT2D eigenvalue weighted by atomic mass is 16.6. The molecule has 7 heteroatoms. The first-order chi connectivity index (χ1) is 7.99.